The molecule has 0 bridgehead atoms. The highest BCUT2D eigenvalue weighted by molar-refractivity contribution is 7.33. The summed E-state index contributed by atoms with van der Waals surface area (Å²) in [5.74, 6) is -6.27. The monoisotopic (exact) mass is 340 g/mol. The molecule has 0 aliphatic carbocycles. The summed E-state index contributed by atoms with van der Waals surface area (Å²) >= 11 is 10.7. The van der Waals surface area contributed by atoms with Crippen molar-refractivity contribution in [1.29, 1.82) is 0 Å². The molecule has 1 unspecified atom stereocenters. The first-order chi connectivity index (χ1) is 7.85. The van der Waals surface area contributed by atoms with Crippen molar-refractivity contribution in [1.82, 2.24) is 0 Å². The molecule has 0 amide bonds. The van der Waals surface area contributed by atoms with Crippen LogP contribution in [0.15, 0.2) is 0 Å². The van der Waals surface area contributed by atoms with E-state index in [1.54, 1.807) is 0 Å². The van der Waals surface area contributed by atoms with E-state index in [0.29, 0.717) is 0 Å². The van der Waals surface area contributed by atoms with Gasteiger partial charge >= 0.3 is 18.2 Å². The van der Waals surface area contributed by atoms with Crippen LogP contribution in [0, 0.1) is 0 Å². The number of halogens is 9. The van der Waals surface area contributed by atoms with E-state index in [-0.39, 0.29) is 12.5 Å². The average Bonchev–Trinajstić information content (AvgIpc) is 2.13. The van der Waals surface area contributed by atoms with Gasteiger partial charge in [0, 0.05) is 0 Å². The van der Waals surface area contributed by atoms with E-state index in [4.69, 9.17) is 22.2 Å². The summed E-state index contributed by atoms with van der Waals surface area (Å²) in [4.78, 5) is 0. The molecular weight excluding hydrogens is 332 g/mol. The van der Waals surface area contributed by atoms with Crippen LogP contribution in [-0.2, 0) is 4.74 Å². The van der Waals surface area contributed by atoms with Gasteiger partial charge in [-0.05, 0) is 12.5 Å². The normalized spacial score (nSPS) is 16.2. The third kappa shape index (κ3) is 4.43. The number of alkyl halides is 7. The van der Waals surface area contributed by atoms with Gasteiger partial charge in [0.2, 0.25) is 7.42 Å². The molecule has 0 aliphatic rings. The fourth-order valence-electron chi connectivity index (χ4n) is 0.945. The van der Waals surface area contributed by atoms with Crippen molar-refractivity contribution in [3.8, 4) is 0 Å². The van der Waals surface area contributed by atoms with Gasteiger partial charge in [-0.2, -0.15) is 52.9 Å². The lowest BCUT2D eigenvalue weighted by atomic mass is 10.2. The van der Waals surface area contributed by atoms with Crippen molar-refractivity contribution in [3.63, 3.8) is 0 Å². The SMILES string of the molecule is CCC(C[SiH](Cl)Cl)OC(F)(F)C(F)(F)C(F)(F)F. The molecule has 0 aliphatic heterocycles. The summed E-state index contributed by atoms with van der Waals surface area (Å²) < 4.78 is 89.5. The molecule has 0 aromatic heterocycles. The Kier molecular flexibility index (Phi) is 6.24. The third-order valence-corrected chi connectivity index (χ3v) is 3.88. The number of rotatable bonds is 6. The van der Waals surface area contributed by atoms with Crippen LogP contribution < -0.4 is 0 Å². The fraction of sp³-hybridized carbons (Fsp3) is 1.00. The van der Waals surface area contributed by atoms with Gasteiger partial charge in [-0.25, -0.2) is 0 Å². The number of hydrogen-bond donors (Lipinski definition) is 0. The lowest BCUT2D eigenvalue weighted by Gasteiger charge is -2.30. The predicted octanol–water partition coefficient (Wildman–Crippen LogP) is 4.27. The topological polar surface area (TPSA) is 9.23 Å². The summed E-state index contributed by atoms with van der Waals surface area (Å²) in [5, 5.41) is 0. The molecule has 0 spiro atoms. The van der Waals surface area contributed by atoms with Crippen LogP contribution in [0.5, 0.6) is 0 Å². The molecule has 0 heterocycles. The molecule has 0 saturated heterocycles. The van der Waals surface area contributed by atoms with E-state index in [9.17, 15) is 30.7 Å². The molecule has 0 N–H and O–H groups in total. The molecule has 0 radical (unpaired) electrons. The first kappa shape index (κ1) is 18.3. The zero-order valence-corrected chi connectivity index (χ0v) is 11.5. The second-order valence-corrected chi connectivity index (χ2v) is 8.45. The van der Waals surface area contributed by atoms with E-state index in [1.165, 1.54) is 6.92 Å². The van der Waals surface area contributed by atoms with Gasteiger partial charge in [-0.15, -0.1) is 0 Å². The summed E-state index contributed by atoms with van der Waals surface area (Å²) in [5.41, 5.74) is 0. The summed E-state index contributed by atoms with van der Waals surface area (Å²) in [6, 6.07) is -0.358. The number of ether oxygens (including phenoxy) is 1. The minimum Gasteiger partial charge on any atom is -0.312 e. The Morgan fingerprint density at radius 1 is 1.06 bits per heavy atom. The maximum atomic E-state index is 12.8. The molecule has 0 saturated carbocycles. The molecular formula is C7H9Cl2F7OSi. The van der Waals surface area contributed by atoms with Gasteiger partial charge in [-0.1, -0.05) is 6.92 Å². The summed E-state index contributed by atoms with van der Waals surface area (Å²) in [6.45, 7) is 1.27. The van der Waals surface area contributed by atoms with Gasteiger partial charge in [0.1, 0.15) is 0 Å². The highest BCUT2D eigenvalue weighted by atomic mass is 35.7. The maximum Gasteiger partial charge on any atom is 0.462 e. The molecule has 110 valence electrons. The first-order valence-corrected chi connectivity index (χ1v) is 8.94. The Balaban J connectivity index is 4.92. The van der Waals surface area contributed by atoms with Gasteiger partial charge in [0.15, 0.2) is 0 Å². The van der Waals surface area contributed by atoms with E-state index >= 15 is 0 Å². The maximum absolute atomic E-state index is 12.8. The largest absolute Gasteiger partial charge is 0.462 e. The second kappa shape index (κ2) is 6.15. The zero-order valence-electron chi connectivity index (χ0n) is 8.88. The Labute approximate surface area is 109 Å². The van der Waals surface area contributed by atoms with Crippen molar-refractivity contribution in [2.75, 3.05) is 0 Å². The zero-order chi connectivity index (χ0) is 14.8. The van der Waals surface area contributed by atoms with E-state index in [0.717, 1.165) is 0 Å². The Morgan fingerprint density at radius 2 is 1.50 bits per heavy atom. The van der Waals surface area contributed by atoms with Gasteiger partial charge in [0.05, 0.1) is 6.10 Å². The Morgan fingerprint density at radius 3 is 1.78 bits per heavy atom. The Bertz CT molecular complexity index is 271. The summed E-state index contributed by atoms with van der Waals surface area (Å²) in [7, 11) is -2.47. The van der Waals surface area contributed by atoms with Crippen LogP contribution in [0.2, 0.25) is 6.04 Å². The highest BCUT2D eigenvalue weighted by Gasteiger charge is 2.74. The van der Waals surface area contributed by atoms with Crippen molar-refractivity contribution in [3.05, 3.63) is 0 Å². The number of hydrogen-bond acceptors (Lipinski definition) is 1. The third-order valence-electron chi connectivity index (χ3n) is 1.93. The second-order valence-electron chi connectivity index (χ2n) is 3.36. The molecule has 1 atom stereocenters. The molecule has 18 heavy (non-hydrogen) atoms. The Hall–Kier alpha value is 0.267. The molecule has 0 fully saturated rings. The molecule has 0 rings (SSSR count). The lowest BCUT2D eigenvalue weighted by molar-refractivity contribution is -0.430. The first-order valence-electron chi connectivity index (χ1n) is 4.63. The lowest BCUT2D eigenvalue weighted by Crippen LogP contribution is -2.54. The summed E-state index contributed by atoms with van der Waals surface area (Å²) in [6.07, 6.45) is -13.8. The minimum atomic E-state index is -6.41. The van der Waals surface area contributed by atoms with Crippen molar-refractivity contribution < 1.29 is 35.5 Å². The average molecular weight is 341 g/mol. The van der Waals surface area contributed by atoms with E-state index in [1.807, 2.05) is 0 Å². The standard InChI is InChI=1S/C7H9Cl2F7OSi/c1-2-4(3-18(8)9)17-7(15,16)5(10,11)6(12,13)14/h4,18H,2-3H2,1H3. The van der Waals surface area contributed by atoms with E-state index in [2.05, 4.69) is 4.74 Å². The smallest absolute Gasteiger partial charge is 0.312 e. The van der Waals surface area contributed by atoms with E-state index < -0.39 is 31.7 Å². The quantitative estimate of drug-likeness (QED) is 0.398. The minimum absolute atomic E-state index is 0.216. The van der Waals surface area contributed by atoms with Crippen molar-refractivity contribution in [2.45, 2.75) is 43.7 Å². The van der Waals surface area contributed by atoms with Gasteiger partial charge in [0.25, 0.3) is 0 Å². The van der Waals surface area contributed by atoms with Crippen LogP contribution in [0.3, 0.4) is 0 Å². The van der Waals surface area contributed by atoms with Crippen molar-refractivity contribution in [2.24, 2.45) is 0 Å². The molecule has 0 aromatic carbocycles. The fourth-order valence-corrected chi connectivity index (χ4v) is 2.96. The predicted molar refractivity (Wildman–Crippen MR) is 54.8 cm³/mol. The van der Waals surface area contributed by atoms with Crippen molar-refractivity contribution >= 4 is 29.6 Å². The van der Waals surface area contributed by atoms with Crippen LogP contribution >= 0.6 is 22.2 Å². The van der Waals surface area contributed by atoms with Gasteiger partial charge in [-0.3, -0.25) is 0 Å². The molecule has 0 aromatic rings. The highest BCUT2D eigenvalue weighted by Crippen LogP contribution is 2.47. The van der Waals surface area contributed by atoms with Gasteiger partial charge < -0.3 is 4.74 Å². The van der Waals surface area contributed by atoms with Crippen LogP contribution in [0.25, 0.3) is 0 Å². The molecule has 1 nitrogen and oxygen atoms in total. The van der Waals surface area contributed by atoms with Crippen LogP contribution in [0.4, 0.5) is 30.7 Å². The van der Waals surface area contributed by atoms with Crippen LogP contribution in [-0.4, -0.2) is 31.7 Å². The van der Waals surface area contributed by atoms with Crippen LogP contribution in [0.1, 0.15) is 13.3 Å². The molecule has 11 heteroatoms.